The van der Waals surface area contributed by atoms with E-state index in [-0.39, 0.29) is 6.54 Å². The molecule has 6 heteroatoms. The van der Waals surface area contributed by atoms with Crippen LogP contribution in [0.2, 0.25) is 0 Å². The predicted octanol–water partition coefficient (Wildman–Crippen LogP) is 2.81. The van der Waals surface area contributed by atoms with Crippen LogP contribution in [-0.4, -0.2) is 5.91 Å². The number of benzene rings is 2. The van der Waals surface area contributed by atoms with Crippen molar-refractivity contribution >= 4 is 11.6 Å². The van der Waals surface area contributed by atoms with E-state index in [0.29, 0.717) is 17.8 Å². The van der Waals surface area contributed by atoms with Gasteiger partial charge in [-0.15, -0.1) is 0 Å². The van der Waals surface area contributed by atoms with Gasteiger partial charge in [-0.2, -0.15) is 0 Å². The topological polar surface area (TPSA) is 55.1 Å². The van der Waals surface area contributed by atoms with Gasteiger partial charge in [-0.3, -0.25) is 4.79 Å². The third-order valence-electron chi connectivity index (χ3n) is 2.65. The molecule has 0 saturated carbocycles. The summed E-state index contributed by atoms with van der Waals surface area (Å²) in [4.78, 5) is 11.8. The summed E-state index contributed by atoms with van der Waals surface area (Å²) in [5.74, 6) is -4.58. The van der Waals surface area contributed by atoms with E-state index in [4.69, 9.17) is 5.73 Å². The van der Waals surface area contributed by atoms with Gasteiger partial charge in [0.25, 0.3) is 5.91 Å². The molecule has 0 fully saturated rings. The number of carbonyl (C=O) groups excluding carboxylic acids is 1. The molecule has 0 saturated heterocycles. The molecule has 2 aromatic carbocycles. The molecule has 3 N–H and O–H groups in total. The summed E-state index contributed by atoms with van der Waals surface area (Å²) >= 11 is 0. The van der Waals surface area contributed by atoms with Crippen molar-refractivity contribution in [3.05, 3.63) is 65.0 Å². The molecule has 0 bridgehead atoms. The van der Waals surface area contributed by atoms with E-state index in [1.165, 1.54) is 0 Å². The van der Waals surface area contributed by atoms with Crippen LogP contribution < -0.4 is 11.1 Å². The van der Waals surface area contributed by atoms with Gasteiger partial charge in [0.2, 0.25) is 0 Å². The molecule has 1 amide bonds. The van der Waals surface area contributed by atoms with Crippen molar-refractivity contribution in [1.82, 2.24) is 0 Å². The van der Waals surface area contributed by atoms with Gasteiger partial charge in [0.05, 0.1) is 0 Å². The van der Waals surface area contributed by atoms with Crippen LogP contribution in [0.3, 0.4) is 0 Å². The number of nitrogens with two attached hydrogens (primary N) is 1. The van der Waals surface area contributed by atoms with E-state index >= 15 is 0 Å². The van der Waals surface area contributed by atoms with E-state index < -0.39 is 28.9 Å². The number of anilines is 1. The molecule has 3 nitrogen and oxygen atoms in total. The molecule has 0 heterocycles. The number of hydrogen-bond donors (Lipinski definition) is 2. The zero-order valence-corrected chi connectivity index (χ0v) is 10.3. The number of amides is 1. The summed E-state index contributed by atoms with van der Waals surface area (Å²) < 4.78 is 39.7. The van der Waals surface area contributed by atoms with Crippen molar-refractivity contribution < 1.29 is 18.0 Å². The Labute approximate surface area is 113 Å². The summed E-state index contributed by atoms with van der Waals surface area (Å²) in [6.07, 6.45) is 0. The van der Waals surface area contributed by atoms with Crippen LogP contribution in [0.25, 0.3) is 0 Å². The van der Waals surface area contributed by atoms with Gasteiger partial charge in [-0.25, -0.2) is 13.2 Å². The van der Waals surface area contributed by atoms with Crippen LogP contribution in [0.1, 0.15) is 15.9 Å². The number of hydrogen-bond acceptors (Lipinski definition) is 2. The number of rotatable bonds is 3. The Hall–Kier alpha value is -2.34. The lowest BCUT2D eigenvalue weighted by molar-refractivity contribution is 0.101. The van der Waals surface area contributed by atoms with Crippen molar-refractivity contribution in [2.75, 3.05) is 5.32 Å². The Kier molecular flexibility index (Phi) is 4.05. The molecule has 0 radical (unpaired) electrons. The van der Waals surface area contributed by atoms with Gasteiger partial charge in [0.15, 0.2) is 0 Å². The van der Waals surface area contributed by atoms with Crippen LogP contribution in [0, 0.1) is 17.5 Å². The highest BCUT2D eigenvalue weighted by Gasteiger charge is 2.19. The molecule has 0 atom stereocenters. The summed E-state index contributed by atoms with van der Waals surface area (Å²) in [6, 6.07) is 7.43. The first-order valence-electron chi connectivity index (χ1n) is 5.76. The molecule has 0 aliphatic rings. The van der Waals surface area contributed by atoms with Crippen LogP contribution in [0.15, 0.2) is 36.4 Å². The molecule has 2 aromatic rings. The maximum absolute atomic E-state index is 13.4. The van der Waals surface area contributed by atoms with Crippen LogP contribution in [-0.2, 0) is 6.54 Å². The second kappa shape index (κ2) is 5.75. The molecule has 0 aliphatic carbocycles. The van der Waals surface area contributed by atoms with Crippen LogP contribution >= 0.6 is 0 Å². The van der Waals surface area contributed by atoms with Gasteiger partial charge < -0.3 is 11.1 Å². The monoisotopic (exact) mass is 280 g/mol. The SMILES string of the molecule is NCc1cccc(NC(=O)c2c(F)cc(F)cc2F)c1. The lowest BCUT2D eigenvalue weighted by Gasteiger charge is -2.08. The maximum atomic E-state index is 13.4. The average molecular weight is 280 g/mol. The Bertz CT molecular complexity index is 636. The van der Waals surface area contributed by atoms with Gasteiger partial charge in [-0.05, 0) is 17.7 Å². The molecule has 0 aromatic heterocycles. The van der Waals surface area contributed by atoms with E-state index in [9.17, 15) is 18.0 Å². The number of nitrogens with one attached hydrogen (secondary N) is 1. The van der Waals surface area contributed by atoms with Crippen molar-refractivity contribution in [3.63, 3.8) is 0 Å². The molecule has 104 valence electrons. The van der Waals surface area contributed by atoms with Crippen molar-refractivity contribution in [3.8, 4) is 0 Å². The minimum Gasteiger partial charge on any atom is -0.326 e. The van der Waals surface area contributed by atoms with Gasteiger partial charge >= 0.3 is 0 Å². The average Bonchev–Trinajstić information content (AvgIpc) is 2.37. The van der Waals surface area contributed by atoms with E-state index in [1.54, 1.807) is 24.3 Å². The zero-order valence-electron chi connectivity index (χ0n) is 10.3. The Morgan fingerprint density at radius 3 is 2.35 bits per heavy atom. The van der Waals surface area contributed by atoms with Gasteiger partial charge in [-0.1, -0.05) is 12.1 Å². The smallest absolute Gasteiger partial charge is 0.261 e. The molecule has 2 rings (SSSR count). The molecule has 0 aliphatic heterocycles. The molecule has 0 spiro atoms. The summed E-state index contributed by atoms with van der Waals surface area (Å²) in [6.45, 7) is 0.267. The fourth-order valence-corrected chi connectivity index (χ4v) is 1.73. The normalized spacial score (nSPS) is 10.4. The summed E-state index contributed by atoms with van der Waals surface area (Å²) in [5.41, 5.74) is 5.72. The van der Waals surface area contributed by atoms with Crippen molar-refractivity contribution in [1.29, 1.82) is 0 Å². The minimum atomic E-state index is -1.25. The lowest BCUT2D eigenvalue weighted by Crippen LogP contribution is -2.16. The third kappa shape index (κ3) is 2.97. The predicted molar refractivity (Wildman–Crippen MR) is 68.6 cm³/mol. The molecular formula is C14H11F3N2O. The van der Waals surface area contributed by atoms with Gasteiger partial charge in [0, 0.05) is 24.4 Å². The lowest BCUT2D eigenvalue weighted by atomic mass is 10.1. The maximum Gasteiger partial charge on any atom is 0.261 e. The summed E-state index contributed by atoms with van der Waals surface area (Å²) in [5, 5.41) is 2.34. The first kappa shape index (κ1) is 14.1. The molecule has 0 unspecified atom stereocenters. The van der Waals surface area contributed by atoms with Crippen LogP contribution in [0.5, 0.6) is 0 Å². The fraction of sp³-hybridized carbons (Fsp3) is 0.0714. The van der Waals surface area contributed by atoms with Gasteiger partial charge in [0.1, 0.15) is 23.0 Å². The van der Waals surface area contributed by atoms with E-state index in [2.05, 4.69) is 5.32 Å². The molecular weight excluding hydrogens is 269 g/mol. The van der Waals surface area contributed by atoms with Crippen LogP contribution in [0.4, 0.5) is 18.9 Å². The molecule has 20 heavy (non-hydrogen) atoms. The second-order valence-corrected chi connectivity index (χ2v) is 4.10. The number of halogens is 3. The largest absolute Gasteiger partial charge is 0.326 e. The minimum absolute atomic E-state index is 0.267. The first-order chi connectivity index (χ1) is 9.51. The Morgan fingerprint density at radius 1 is 1.10 bits per heavy atom. The highest BCUT2D eigenvalue weighted by molar-refractivity contribution is 6.04. The Morgan fingerprint density at radius 2 is 1.75 bits per heavy atom. The quantitative estimate of drug-likeness (QED) is 0.908. The highest BCUT2D eigenvalue weighted by atomic mass is 19.1. The van der Waals surface area contributed by atoms with E-state index in [0.717, 1.165) is 5.56 Å². The summed E-state index contributed by atoms with van der Waals surface area (Å²) in [7, 11) is 0. The Balaban J connectivity index is 2.28. The standard InChI is InChI=1S/C14H11F3N2O/c15-9-5-11(16)13(12(17)6-9)14(20)19-10-3-1-2-8(4-10)7-18/h1-6H,7,18H2,(H,19,20). The van der Waals surface area contributed by atoms with Crippen molar-refractivity contribution in [2.45, 2.75) is 6.54 Å². The number of carbonyl (C=O) groups is 1. The highest BCUT2D eigenvalue weighted by Crippen LogP contribution is 2.17. The third-order valence-corrected chi connectivity index (χ3v) is 2.65. The second-order valence-electron chi connectivity index (χ2n) is 4.10. The fourth-order valence-electron chi connectivity index (χ4n) is 1.73. The van der Waals surface area contributed by atoms with E-state index in [1.807, 2.05) is 0 Å². The van der Waals surface area contributed by atoms with Crippen molar-refractivity contribution in [2.24, 2.45) is 5.73 Å². The first-order valence-corrected chi connectivity index (χ1v) is 5.76. The zero-order chi connectivity index (χ0) is 14.7.